The molecule has 380 valence electrons. The quantitative estimate of drug-likeness (QED) is 0.0846. The molecule has 2 saturated heterocycles. The van der Waals surface area contributed by atoms with Crippen LogP contribution in [0.2, 0.25) is 5.02 Å². The third-order valence-electron chi connectivity index (χ3n) is 11.3. The van der Waals surface area contributed by atoms with Crippen molar-refractivity contribution in [1.82, 2.24) is 18.6 Å². The molecule has 2 aromatic heterocycles. The number of pyridine rings is 2. The predicted octanol–water partition coefficient (Wildman–Crippen LogP) is 10.3. The standard InChI is InChI=1S/C24H26N2O2S.C18H20BrNO2S.C6H6ClN.2CH3.B2H4O4.ClH.Pd/c1-18-8-3-4-12-24(18)29(27,28)26-15-6-5-11-23(26)21-10-7-9-20(16-21)22-13-14-25-17-19(22)2;1-14-7-2-3-11-18(14)23(21,22)20-12-5-4-10-17(20)15-8-6-9-16(19)13-15;1-5-4-8-3-2-6(5)7;;;3-1(4)2(5)6;;/h3-4,7-10,12-14,16-17,23H,5-6,11,15H2,1-2H3;2-3,6-9,11,13,17H,4-5,10,12H2,1H3;2-4H,1H3;2*1H3;3-6H;1H;/q;;;2*-1;;;+2. The maximum atomic E-state index is 13.5. The maximum Gasteiger partial charge on any atom is 2.00 e. The average Bonchev–Trinajstić information content (AvgIpc) is 3.31. The Morgan fingerprint density at radius 3 is 1.44 bits per heavy atom. The van der Waals surface area contributed by atoms with Gasteiger partial charge in [0.2, 0.25) is 20.0 Å². The number of halogens is 3. The zero-order chi connectivity index (χ0) is 48.0. The van der Waals surface area contributed by atoms with Gasteiger partial charge in [0, 0.05) is 47.4 Å². The second-order valence-corrected chi connectivity index (χ2v) is 21.1. The Bertz CT molecular complexity index is 2740. The number of hydrogen-bond donors (Lipinski definition) is 4. The van der Waals surface area contributed by atoms with Crippen LogP contribution in [0.5, 0.6) is 0 Å². The van der Waals surface area contributed by atoms with Crippen LogP contribution in [0.25, 0.3) is 11.1 Å². The fourth-order valence-corrected chi connectivity index (χ4v) is 12.2. The fraction of sp³-hybridized carbons (Fsp3) is 0.280. The minimum Gasteiger partial charge on any atom is -0.429 e. The van der Waals surface area contributed by atoms with Gasteiger partial charge in [-0.1, -0.05) is 107 Å². The summed E-state index contributed by atoms with van der Waals surface area (Å²) in [5.41, 5.74) is 8.05. The number of nitrogens with zero attached hydrogens (tertiary/aromatic N) is 4. The Kier molecular flexibility index (Phi) is 28.3. The number of aryl methyl sites for hydroxylation is 4. The maximum absolute atomic E-state index is 13.5. The van der Waals surface area contributed by atoms with Gasteiger partial charge in [0.25, 0.3) is 0 Å². The molecule has 70 heavy (non-hydrogen) atoms. The molecule has 2 aliphatic heterocycles. The SMILES string of the molecule is Cc1ccccc1S(=O)(=O)N1CCCCC1c1cccc(Br)c1.Cc1cnccc1-c1cccc(C2CCCCN2S(=O)(=O)c2ccccc2C)c1.Cc1cnccc1Cl.Cl.OB(O)B(O)O.[CH3-].[CH3-].[Pd+2]. The van der Waals surface area contributed by atoms with Crippen molar-refractivity contribution in [3.63, 3.8) is 0 Å². The molecule has 2 fully saturated rings. The minimum absolute atomic E-state index is 0. The second-order valence-electron chi connectivity index (χ2n) is 16.1. The van der Waals surface area contributed by atoms with Crippen LogP contribution in [0.3, 0.4) is 0 Å². The van der Waals surface area contributed by atoms with Gasteiger partial charge in [-0.3, -0.25) is 9.97 Å². The van der Waals surface area contributed by atoms with Gasteiger partial charge in [0.1, 0.15) is 0 Å². The zero-order valence-electron chi connectivity index (χ0n) is 40.2. The molecule has 2 aliphatic rings. The molecule has 20 heteroatoms. The first-order chi connectivity index (χ1) is 31.4. The summed E-state index contributed by atoms with van der Waals surface area (Å²) in [4.78, 5) is 8.87. The van der Waals surface area contributed by atoms with Crippen molar-refractivity contribution in [1.29, 1.82) is 0 Å². The third-order valence-corrected chi connectivity index (χ3v) is 16.4. The van der Waals surface area contributed by atoms with E-state index in [1.165, 1.54) is 0 Å². The van der Waals surface area contributed by atoms with E-state index < -0.39 is 34.1 Å². The van der Waals surface area contributed by atoms with Gasteiger partial charge >= 0.3 is 34.4 Å². The molecular weight excluding hydrogens is 1130 g/mol. The van der Waals surface area contributed by atoms with Gasteiger partial charge < -0.3 is 34.9 Å². The van der Waals surface area contributed by atoms with E-state index in [0.717, 1.165) is 92.5 Å². The first kappa shape index (κ1) is 64.7. The van der Waals surface area contributed by atoms with Gasteiger partial charge in [-0.25, -0.2) is 16.8 Å². The van der Waals surface area contributed by atoms with E-state index >= 15 is 0 Å². The molecule has 2 unspecified atom stereocenters. The second kappa shape index (κ2) is 30.7. The summed E-state index contributed by atoms with van der Waals surface area (Å²) in [6, 6.07) is 34.3. The number of piperidine rings is 2. The summed E-state index contributed by atoms with van der Waals surface area (Å²) in [5.74, 6) is 0. The number of rotatable bonds is 8. The zero-order valence-corrected chi connectivity index (χ0v) is 46.5. The molecule has 0 amide bonds. The van der Waals surface area contributed by atoms with E-state index in [4.69, 9.17) is 31.7 Å². The van der Waals surface area contributed by atoms with Gasteiger partial charge in [0.15, 0.2) is 0 Å². The monoisotopic (exact) mass is 1190 g/mol. The molecule has 0 radical (unpaired) electrons. The van der Waals surface area contributed by atoms with E-state index in [0.29, 0.717) is 22.9 Å². The summed E-state index contributed by atoms with van der Waals surface area (Å²) in [6.07, 6.45) is 12.7. The van der Waals surface area contributed by atoms with Gasteiger partial charge in [-0.15, -0.1) is 12.4 Å². The van der Waals surface area contributed by atoms with Crippen LogP contribution in [0, 0.1) is 42.5 Å². The van der Waals surface area contributed by atoms with Gasteiger partial charge in [-0.05, 0) is 140 Å². The Balaban J connectivity index is 0.000000532. The largest absolute Gasteiger partial charge is 2.00 e. The van der Waals surface area contributed by atoms with Gasteiger partial charge in [-0.2, -0.15) is 8.61 Å². The van der Waals surface area contributed by atoms with Crippen molar-refractivity contribution >= 4 is 74.0 Å². The number of aromatic nitrogens is 2. The van der Waals surface area contributed by atoms with Crippen molar-refractivity contribution in [2.24, 2.45) is 0 Å². The Hall–Kier alpha value is -3.31. The van der Waals surface area contributed by atoms with Crippen molar-refractivity contribution in [3.8, 4) is 11.1 Å². The molecule has 0 saturated carbocycles. The van der Waals surface area contributed by atoms with Crippen molar-refractivity contribution in [2.45, 2.75) is 88.1 Å². The molecule has 0 bridgehead atoms. The molecule has 0 aliphatic carbocycles. The Labute approximate surface area is 450 Å². The molecule has 12 nitrogen and oxygen atoms in total. The third kappa shape index (κ3) is 17.4. The van der Waals surface area contributed by atoms with Crippen LogP contribution in [-0.4, -0.2) is 82.6 Å². The van der Waals surface area contributed by atoms with Crippen LogP contribution in [0.15, 0.2) is 148 Å². The topological polar surface area (TPSA) is 181 Å². The van der Waals surface area contributed by atoms with Crippen LogP contribution >= 0.6 is 39.9 Å². The summed E-state index contributed by atoms with van der Waals surface area (Å²) >= 11 is 9.16. The van der Waals surface area contributed by atoms with E-state index in [9.17, 15) is 16.8 Å². The van der Waals surface area contributed by atoms with Crippen molar-refractivity contribution in [2.75, 3.05) is 13.1 Å². The fourth-order valence-electron chi connectivity index (χ4n) is 7.88. The first-order valence-electron chi connectivity index (χ1n) is 21.6. The molecular formula is C50H63B2BrCl2N4O8PdS2. The Morgan fingerprint density at radius 2 is 1.03 bits per heavy atom. The van der Waals surface area contributed by atoms with E-state index in [-0.39, 0.29) is 59.8 Å². The normalized spacial score (nSPS) is 15.6. The number of sulfonamides is 2. The molecule has 4 heterocycles. The predicted molar refractivity (Wildman–Crippen MR) is 286 cm³/mol. The smallest absolute Gasteiger partial charge is 0.429 e. The first-order valence-corrected chi connectivity index (χ1v) is 25.7. The van der Waals surface area contributed by atoms with Crippen molar-refractivity contribution in [3.05, 3.63) is 192 Å². The van der Waals surface area contributed by atoms with Gasteiger partial charge in [0.05, 0.1) is 21.9 Å². The summed E-state index contributed by atoms with van der Waals surface area (Å²) in [6.45, 7) is 8.82. The molecule has 8 rings (SSSR count). The number of benzene rings is 4. The molecule has 6 aromatic rings. The van der Waals surface area contributed by atoms with E-state index in [2.05, 4.69) is 44.1 Å². The average molecular weight is 1190 g/mol. The van der Waals surface area contributed by atoms with Crippen LogP contribution in [0.4, 0.5) is 0 Å². The summed E-state index contributed by atoms with van der Waals surface area (Å²) < 4.78 is 57.8. The number of hydrogen-bond acceptors (Lipinski definition) is 10. The minimum atomic E-state index is -3.55. The molecule has 4 aromatic carbocycles. The van der Waals surface area contributed by atoms with Crippen LogP contribution < -0.4 is 0 Å². The van der Waals surface area contributed by atoms with Crippen LogP contribution in [0.1, 0.15) is 84.0 Å². The van der Waals surface area contributed by atoms with E-state index in [1.54, 1.807) is 57.5 Å². The summed E-state index contributed by atoms with van der Waals surface area (Å²) in [7, 11) is -11.1. The van der Waals surface area contributed by atoms with E-state index in [1.807, 2.05) is 94.6 Å². The molecule has 2 atom stereocenters. The molecule has 0 spiro atoms. The Morgan fingerprint density at radius 1 is 0.586 bits per heavy atom. The summed E-state index contributed by atoms with van der Waals surface area (Å²) in [5, 5.41) is 31.5. The van der Waals surface area contributed by atoms with Crippen molar-refractivity contribution < 1.29 is 57.4 Å². The molecule has 4 N–H and O–H groups in total. The van der Waals surface area contributed by atoms with Crippen LogP contribution in [-0.2, 0) is 40.5 Å².